The first-order valence-corrected chi connectivity index (χ1v) is 3.33. The summed E-state index contributed by atoms with van der Waals surface area (Å²) in [4.78, 5) is 8.17. The largest absolute Gasteiger partial charge is 0.382 e. The maximum atomic E-state index is 5.50. The van der Waals surface area contributed by atoms with Crippen molar-refractivity contribution in [2.75, 3.05) is 5.73 Å². The Kier molecular flexibility index (Phi) is 1.09. The summed E-state index contributed by atoms with van der Waals surface area (Å²) < 4.78 is 1.86. The fourth-order valence-corrected chi connectivity index (χ4v) is 1.07. The average molecular weight is 148 g/mol. The Morgan fingerprint density at radius 3 is 3.09 bits per heavy atom. The van der Waals surface area contributed by atoms with E-state index >= 15 is 0 Å². The maximum absolute atomic E-state index is 5.50. The SMILES string of the molecule is Cc1nccn2cc(N)nc12. The lowest BCUT2D eigenvalue weighted by atomic mass is 10.5. The van der Waals surface area contributed by atoms with Gasteiger partial charge >= 0.3 is 0 Å². The highest BCUT2D eigenvalue weighted by Gasteiger charge is 1.99. The van der Waals surface area contributed by atoms with Gasteiger partial charge in [-0.25, -0.2) is 4.98 Å². The molecule has 0 aromatic carbocycles. The normalized spacial score (nSPS) is 10.6. The molecule has 56 valence electrons. The quantitative estimate of drug-likeness (QED) is 0.595. The molecular formula is C7H8N4. The number of hydrogen-bond acceptors (Lipinski definition) is 3. The Balaban J connectivity index is 2.90. The van der Waals surface area contributed by atoms with Crippen molar-refractivity contribution in [1.29, 1.82) is 0 Å². The Morgan fingerprint density at radius 2 is 2.36 bits per heavy atom. The molecule has 2 aromatic heterocycles. The monoisotopic (exact) mass is 148 g/mol. The van der Waals surface area contributed by atoms with E-state index in [0.29, 0.717) is 5.82 Å². The molecule has 0 aliphatic carbocycles. The molecule has 0 aliphatic rings. The zero-order valence-electron chi connectivity index (χ0n) is 6.15. The third-order valence-electron chi connectivity index (χ3n) is 1.57. The minimum Gasteiger partial charge on any atom is -0.382 e. The number of imidazole rings is 1. The van der Waals surface area contributed by atoms with Crippen molar-refractivity contribution in [3.63, 3.8) is 0 Å². The van der Waals surface area contributed by atoms with Crippen molar-refractivity contribution in [3.8, 4) is 0 Å². The van der Waals surface area contributed by atoms with E-state index in [-0.39, 0.29) is 0 Å². The molecule has 0 saturated heterocycles. The van der Waals surface area contributed by atoms with Gasteiger partial charge in [0.05, 0.1) is 11.9 Å². The number of hydrogen-bond donors (Lipinski definition) is 1. The summed E-state index contributed by atoms with van der Waals surface area (Å²) in [5.41, 5.74) is 7.22. The number of aromatic nitrogens is 3. The van der Waals surface area contributed by atoms with Crippen molar-refractivity contribution >= 4 is 11.5 Å². The zero-order chi connectivity index (χ0) is 7.84. The third-order valence-corrected chi connectivity index (χ3v) is 1.57. The molecule has 0 atom stereocenters. The Morgan fingerprint density at radius 1 is 1.55 bits per heavy atom. The lowest BCUT2D eigenvalue weighted by Gasteiger charge is -1.92. The first-order valence-electron chi connectivity index (χ1n) is 3.33. The first-order chi connectivity index (χ1) is 5.27. The van der Waals surface area contributed by atoms with Crippen molar-refractivity contribution in [2.24, 2.45) is 0 Å². The highest BCUT2D eigenvalue weighted by molar-refractivity contribution is 5.49. The zero-order valence-corrected chi connectivity index (χ0v) is 6.15. The van der Waals surface area contributed by atoms with Crippen LogP contribution in [0.25, 0.3) is 5.65 Å². The topological polar surface area (TPSA) is 56.2 Å². The second-order valence-corrected chi connectivity index (χ2v) is 2.41. The smallest absolute Gasteiger partial charge is 0.160 e. The lowest BCUT2D eigenvalue weighted by molar-refractivity contribution is 1.08. The fraction of sp³-hybridized carbons (Fsp3) is 0.143. The van der Waals surface area contributed by atoms with E-state index in [4.69, 9.17) is 5.73 Å². The van der Waals surface area contributed by atoms with Gasteiger partial charge in [0.15, 0.2) is 5.65 Å². The van der Waals surface area contributed by atoms with Crippen LogP contribution in [0, 0.1) is 6.92 Å². The van der Waals surface area contributed by atoms with E-state index in [1.807, 2.05) is 17.5 Å². The van der Waals surface area contributed by atoms with Gasteiger partial charge in [-0.05, 0) is 6.92 Å². The standard InChI is InChI=1S/C7H8N4/c1-5-7-10-6(8)4-11(7)3-2-9-5/h2-4H,8H2,1H3. The highest BCUT2D eigenvalue weighted by Crippen LogP contribution is 2.07. The predicted molar refractivity (Wildman–Crippen MR) is 42.1 cm³/mol. The molecule has 0 amide bonds. The van der Waals surface area contributed by atoms with Gasteiger partial charge in [-0.15, -0.1) is 0 Å². The van der Waals surface area contributed by atoms with Crippen LogP contribution in [0.1, 0.15) is 5.69 Å². The highest BCUT2D eigenvalue weighted by atomic mass is 15.1. The number of rotatable bonds is 0. The second-order valence-electron chi connectivity index (χ2n) is 2.41. The minimum absolute atomic E-state index is 0.529. The molecule has 0 saturated carbocycles. The molecule has 0 bridgehead atoms. The van der Waals surface area contributed by atoms with Crippen LogP contribution in [-0.4, -0.2) is 14.4 Å². The van der Waals surface area contributed by atoms with E-state index < -0.39 is 0 Å². The van der Waals surface area contributed by atoms with Crippen molar-refractivity contribution in [2.45, 2.75) is 6.92 Å². The fourth-order valence-electron chi connectivity index (χ4n) is 1.07. The molecule has 2 heterocycles. The number of nitrogen functional groups attached to an aromatic ring is 1. The van der Waals surface area contributed by atoms with E-state index in [0.717, 1.165) is 11.3 Å². The van der Waals surface area contributed by atoms with E-state index in [9.17, 15) is 0 Å². The summed E-state index contributed by atoms with van der Waals surface area (Å²) in [6.45, 7) is 1.90. The second kappa shape index (κ2) is 1.95. The molecule has 11 heavy (non-hydrogen) atoms. The van der Waals surface area contributed by atoms with Crippen LogP contribution in [-0.2, 0) is 0 Å². The van der Waals surface area contributed by atoms with Gasteiger partial charge in [0.2, 0.25) is 0 Å². The Labute approximate surface area is 63.7 Å². The molecule has 0 aliphatic heterocycles. The van der Waals surface area contributed by atoms with Gasteiger partial charge in [0, 0.05) is 12.4 Å². The van der Waals surface area contributed by atoms with Crippen LogP contribution in [0.15, 0.2) is 18.6 Å². The van der Waals surface area contributed by atoms with Gasteiger partial charge < -0.3 is 10.1 Å². The molecule has 2 aromatic rings. The summed E-state index contributed by atoms with van der Waals surface area (Å²) in [7, 11) is 0. The first kappa shape index (κ1) is 6.15. The van der Waals surface area contributed by atoms with E-state index in [1.165, 1.54) is 0 Å². The van der Waals surface area contributed by atoms with Crippen LogP contribution < -0.4 is 5.73 Å². The van der Waals surface area contributed by atoms with Crippen LogP contribution >= 0.6 is 0 Å². The molecule has 2 N–H and O–H groups in total. The predicted octanol–water partition coefficient (Wildman–Crippen LogP) is 0.620. The van der Waals surface area contributed by atoms with E-state index in [2.05, 4.69) is 9.97 Å². The van der Waals surface area contributed by atoms with Crippen LogP contribution in [0.4, 0.5) is 5.82 Å². The number of nitrogens with zero attached hydrogens (tertiary/aromatic N) is 3. The van der Waals surface area contributed by atoms with E-state index in [1.54, 1.807) is 12.4 Å². The third kappa shape index (κ3) is 0.832. The molecule has 2 rings (SSSR count). The Hall–Kier alpha value is -1.58. The average Bonchev–Trinajstić information content (AvgIpc) is 2.31. The number of anilines is 1. The van der Waals surface area contributed by atoms with Crippen LogP contribution in [0.5, 0.6) is 0 Å². The minimum atomic E-state index is 0.529. The van der Waals surface area contributed by atoms with Crippen molar-refractivity contribution < 1.29 is 0 Å². The van der Waals surface area contributed by atoms with Gasteiger partial charge in [0.1, 0.15) is 5.82 Å². The van der Waals surface area contributed by atoms with Crippen molar-refractivity contribution in [1.82, 2.24) is 14.4 Å². The number of fused-ring (bicyclic) bond motifs is 1. The molecule has 0 radical (unpaired) electrons. The van der Waals surface area contributed by atoms with Gasteiger partial charge in [-0.1, -0.05) is 0 Å². The summed E-state index contributed by atoms with van der Waals surface area (Å²) in [6, 6.07) is 0. The lowest BCUT2D eigenvalue weighted by Crippen LogP contribution is -1.88. The van der Waals surface area contributed by atoms with Crippen LogP contribution in [0.3, 0.4) is 0 Å². The number of nitrogens with two attached hydrogens (primary N) is 1. The maximum Gasteiger partial charge on any atom is 0.160 e. The summed E-state index contributed by atoms with van der Waals surface area (Å²) in [6.07, 6.45) is 5.32. The molecule has 0 fully saturated rings. The summed E-state index contributed by atoms with van der Waals surface area (Å²) in [5.74, 6) is 0.529. The number of aryl methyl sites for hydroxylation is 1. The van der Waals surface area contributed by atoms with Gasteiger partial charge in [-0.2, -0.15) is 0 Å². The van der Waals surface area contributed by atoms with Gasteiger partial charge in [0.25, 0.3) is 0 Å². The molecule has 0 unspecified atom stereocenters. The molecule has 4 nitrogen and oxygen atoms in total. The molecular weight excluding hydrogens is 140 g/mol. The van der Waals surface area contributed by atoms with Gasteiger partial charge in [-0.3, -0.25) is 4.98 Å². The summed E-state index contributed by atoms with van der Waals surface area (Å²) >= 11 is 0. The Bertz CT molecular complexity index is 390. The molecule has 4 heteroatoms. The van der Waals surface area contributed by atoms with Crippen molar-refractivity contribution in [3.05, 3.63) is 24.3 Å². The van der Waals surface area contributed by atoms with Crippen LogP contribution in [0.2, 0.25) is 0 Å². The summed E-state index contributed by atoms with van der Waals surface area (Å²) in [5, 5.41) is 0. The molecule has 0 spiro atoms.